The van der Waals surface area contributed by atoms with Gasteiger partial charge < -0.3 is 15.7 Å². The first-order valence-corrected chi connectivity index (χ1v) is 6.82. The smallest absolute Gasteiger partial charge is 0.309 e. The average Bonchev–Trinajstić information content (AvgIpc) is 2.74. The van der Waals surface area contributed by atoms with E-state index in [1.165, 1.54) is 0 Å². The molecule has 1 aliphatic carbocycles. The number of carbonyl (C=O) groups excluding carboxylic acids is 2. The second-order valence-electron chi connectivity index (χ2n) is 5.50. The number of aryl methyl sites for hydroxylation is 1. The van der Waals surface area contributed by atoms with Crippen molar-refractivity contribution in [2.24, 2.45) is 0 Å². The third-order valence-corrected chi connectivity index (χ3v) is 3.49. The Balaban J connectivity index is 1.98. The maximum absolute atomic E-state index is 11.7. The average molecular weight is 276 g/mol. The van der Waals surface area contributed by atoms with E-state index in [9.17, 15) is 14.7 Å². The first kappa shape index (κ1) is 14.5. The SMILES string of the molecule is CC(C)NC(=O)C(=O)NCC1(O)CCc2ccccc21. The van der Waals surface area contributed by atoms with Gasteiger partial charge in [-0.2, -0.15) is 0 Å². The number of nitrogens with one attached hydrogen (secondary N) is 2. The van der Waals surface area contributed by atoms with E-state index in [4.69, 9.17) is 0 Å². The molecule has 1 unspecified atom stereocenters. The summed E-state index contributed by atoms with van der Waals surface area (Å²) < 4.78 is 0. The Morgan fingerprint density at radius 2 is 2.00 bits per heavy atom. The lowest BCUT2D eigenvalue weighted by atomic mass is 9.96. The van der Waals surface area contributed by atoms with Crippen molar-refractivity contribution in [1.82, 2.24) is 10.6 Å². The fourth-order valence-corrected chi connectivity index (χ4v) is 2.49. The summed E-state index contributed by atoms with van der Waals surface area (Å²) in [5.41, 5.74) is 0.852. The molecule has 3 N–H and O–H groups in total. The maximum atomic E-state index is 11.7. The van der Waals surface area contributed by atoms with Gasteiger partial charge in [0.25, 0.3) is 0 Å². The maximum Gasteiger partial charge on any atom is 0.309 e. The highest BCUT2D eigenvalue weighted by Crippen LogP contribution is 2.35. The summed E-state index contributed by atoms with van der Waals surface area (Å²) in [6, 6.07) is 7.54. The van der Waals surface area contributed by atoms with E-state index < -0.39 is 17.4 Å². The number of hydrogen-bond donors (Lipinski definition) is 3. The fourth-order valence-electron chi connectivity index (χ4n) is 2.49. The second kappa shape index (κ2) is 5.63. The van der Waals surface area contributed by atoms with Gasteiger partial charge in [-0.25, -0.2) is 0 Å². The molecule has 0 radical (unpaired) electrons. The summed E-state index contributed by atoms with van der Waals surface area (Å²) in [4.78, 5) is 23.2. The summed E-state index contributed by atoms with van der Waals surface area (Å²) >= 11 is 0. The zero-order valence-electron chi connectivity index (χ0n) is 11.8. The van der Waals surface area contributed by atoms with Crippen LogP contribution < -0.4 is 10.6 Å². The van der Waals surface area contributed by atoms with Crippen LogP contribution in [0, 0.1) is 0 Å². The molecule has 5 heteroatoms. The second-order valence-corrected chi connectivity index (χ2v) is 5.50. The largest absolute Gasteiger partial charge is 0.383 e. The molecule has 1 aromatic carbocycles. The van der Waals surface area contributed by atoms with Crippen molar-refractivity contribution < 1.29 is 14.7 Å². The molecule has 2 rings (SSSR count). The van der Waals surface area contributed by atoms with Crippen molar-refractivity contribution >= 4 is 11.8 Å². The van der Waals surface area contributed by atoms with Crippen LogP contribution in [-0.2, 0) is 21.6 Å². The van der Waals surface area contributed by atoms with Crippen molar-refractivity contribution in [3.63, 3.8) is 0 Å². The van der Waals surface area contributed by atoms with Gasteiger partial charge in [0.1, 0.15) is 5.60 Å². The van der Waals surface area contributed by atoms with Crippen LogP contribution in [0.4, 0.5) is 0 Å². The Hall–Kier alpha value is -1.88. The van der Waals surface area contributed by atoms with Gasteiger partial charge in [0, 0.05) is 6.04 Å². The van der Waals surface area contributed by atoms with Crippen molar-refractivity contribution in [3.05, 3.63) is 35.4 Å². The Bertz CT molecular complexity index is 528. The van der Waals surface area contributed by atoms with Crippen LogP contribution in [0.25, 0.3) is 0 Å². The monoisotopic (exact) mass is 276 g/mol. The number of carbonyl (C=O) groups is 2. The molecular formula is C15H20N2O3. The van der Waals surface area contributed by atoms with Gasteiger partial charge >= 0.3 is 11.8 Å². The molecule has 0 heterocycles. The summed E-state index contributed by atoms with van der Waals surface area (Å²) in [5, 5.41) is 15.6. The van der Waals surface area contributed by atoms with Gasteiger partial charge in [-0.1, -0.05) is 24.3 Å². The van der Waals surface area contributed by atoms with Gasteiger partial charge in [0.05, 0.1) is 6.54 Å². The molecule has 0 saturated carbocycles. The van der Waals surface area contributed by atoms with E-state index in [0.717, 1.165) is 17.5 Å². The van der Waals surface area contributed by atoms with Crippen LogP contribution in [0.5, 0.6) is 0 Å². The summed E-state index contributed by atoms with van der Waals surface area (Å²) in [5.74, 6) is -1.38. The van der Waals surface area contributed by atoms with Gasteiger partial charge in [-0.15, -0.1) is 0 Å². The number of hydrogen-bond acceptors (Lipinski definition) is 3. The van der Waals surface area contributed by atoms with Crippen molar-refractivity contribution in [2.45, 2.75) is 38.3 Å². The normalized spacial score (nSPS) is 20.6. The molecule has 2 amide bonds. The van der Waals surface area contributed by atoms with Crippen LogP contribution in [-0.4, -0.2) is 29.5 Å². The third kappa shape index (κ3) is 2.99. The fraction of sp³-hybridized carbons (Fsp3) is 0.467. The van der Waals surface area contributed by atoms with E-state index in [1.54, 1.807) is 13.8 Å². The molecule has 5 nitrogen and oxygen atoms in total. The van der Waals surface area contributed by atoms with Gasteiger partial charge in [0.15, 0.2) is 0 Å². The van der Waals surface area contributed by atoms with Crippen LogP contribution in [0.2, 0.25) is 0 Å². The van der Waals surface area contributed by atoms with Crippen LogP contribution >= 0.6 is 0 Å². The van der Waals surface area contributed by atoms with Crippen LogP contribution in [0.15, 0.2) is 24.3 Å². The zero-order valence-corrected chi connectivity index (χ0v) is 11.8. The third-order valence-electron chi connectivity index (χ3n) is 3.49. The minimum Gasteiger partial charge on any atom is -0.383 e. The van der Waals surface area contributed by atoms with Crippen molar-refractivity contribution in [3.8, 4) is 0 Å². The molecule has 0 bridgehead atoms. The lowest BCUT2D eigenvalue weighted by Crippen LogP contribution is -2.47. The number of amides is 2. The molecular weight excluding hydrogens is 256 g/mol. The zero-order chi connectivity index (χ0) is 14.8. The topological polar surface area (TPSA) is 78.4 Å². The summed E-state index contributed by atoms with van der Waals surface area (Å²) in [6.07, 6.45) is 1.33. The predicted molar refractivity (Wildman–Crippen MR) is 74.9 cm³/mol. The van der Waals surface area contributed by atoms with E-state index in [1.807, 2.05) is 24.3 Å². The first-order chi connectivity index (χ1) is 9.42. The van der Waals surface area contributed by atoms with Crippen molar-refractivity contribution in [2.75, 3.05) is 6.54 Å². The number of fused-ring (bicyclic) bond motifs is 1. The molecule has 1 aromatic rings. The highest BCUT2D eigenvalue weighted by molar-refractivity contribution is 6.35. The molecule has 0 aromatic heterocycles. The van der Waals surface area contributed by atoms with Gasteiger partial charge in [0.2, 0.25) is 0 Å². The molecule has 1 atom stereocenters. The van der Waals surface area contributed by atoms with Crippen LogP contribution in [0.3, 0.4) is 0 Å². The lowest BCUT2D eigenvalue weighted by Gasteiger charge is -2.24. The van der Waals surface area contributed by atoms with Gasteiger partial charge in [-0.3, -0.25) is 9.59 Å². The summed E-state index contributed by atoms with van der Waals surface area (Å²) in [6.45, 7) is 3.62. The van der Waals surface area contributed by atoms with E-state index in [-0.39, 0.29) is 12.6 Å². The van der Waals surface area contributed by atoms with E-state index in [0.29, 0.717) is 6.42 Å². The molecule has 1 aliphatic rings. The Morgan fingerprint density at radius 3 is 2.70 bits per heavy atom. The minimum atomic E-state index is -1.08. The Labute approximate surface area is 118 Å². The molecule has 0 saturated heterocycles. The summed E-state index contributed by atoms with van der Waals surface area (Å²) in [7, 11) is 0. The van der Waals surface area contributed by atoms with E-state index in [2.05, 4.69) is 10.6 Å². The molecule has 0 aliphatic heterocycles. The molecule has 0 spiro atoms. The Morgan fingerprint density at radius 1 is 1.30 bits per heavy atom. The van der Waals surface area contributed by atoms with E-state index >= 15 is 0 Å². The predicted octanol–water partition coefficient (Wildman–Crippen LogP) is 0.461. The number of rotatable bonds is 3. The highest BCUT2D eigenvalue weighted by Gasteiger charge is 2.36. The number of benzene rings is 1. The lowest BCUT2D eigenvalue weighted by molar-refractivity contribution is -0.140. The molecule has 20 heavy (non-hydrogen) atoms. The quantitative estimate of drug-likeness (QED) is 0.702. The minimum absolute atomic E-state index is 0.0500. The van der Waals surface area contributed by atoms with Crippen molar-refractivity contribution in [1.29, 1.82) is 0 Å². The number of aliphatic hydroxyl groups is 1. The standard InChI is InChI=1S/C15H20N2O3/c1-10(2)17-14(19)13(18)16-9-15(20)8-7-11-5-3-4-6-12(11)15/h3-6,10,20H,7-9H2,1-2H3,(H,16,18)(H,17,19). The first-order valence-electron chi connectivity index (χ1n) is 6.82. The molecule has 0 fully saturated rings. The van der Waals surface area contributed by atoms with Crippen LogP contribution in [0.1, 0.15) is 31.4 Å². The molecule has 108 valence electrons. The Kier molecular flexibility index (Phi) is 4.09. The van der Waals surface area contributed by atoms with Gasteiger partial charge in [-0.05, 0) is 37.8 Å². The highest BCUT2D eigenvalue weighted by atomic mass is 16.3.